The van der Waals surface area contributed by atoms with Crippen molar-refractivity contribution in [1.82, 2.24) is 4.98 Å². The highest BCUT2D eigenvalue weighted by molar-refractivity contribution is 6.02. The van der Waals surface area contributed by atoms with Crippen molar-refractivity contribution in [2.75, 3.05) is 5.32 Å². The molecule has 0 spiro atoms. The third-order valence-electron chi connectivity index (χ3n) is 2.33. The van der Waals surface area contributed by atoms with Crippen molar-refractivity contribution in [3.05, 3.63) is 42.1 Å². The monoisotopic (exact) mass is 260 g/mol. The zero-order valence-corrected chi connectivity index (χ0v) is 11.1. The molecule has 5 nitrogen and oxygen atoms in total. The first kappa shape index (κ1) is 13.1. The highest BCUT2D eigenvalue weighted by Crippen LogP contribution is 2.17. The largest absolute Gasteiger partial charge is 0.491 e. The van der Waals surface area contributed by atoms with Crippen LogP contribution in [0.5, 0.6) is 5.75 Å². The van der Waals surface area contributed by atoms with E-state index >= 15 is 0 Å². The number of nitrogens with one attached hydrogen (secondary N) is 1. The van der Waals surface area contributed by atoms with Crippen molar-refractivity contribution in [2.45, 2.75) is 26.9 Å². The molecule has 1 N–H and O–H groups in total. The molecule has 0 aliphatic heterocycles. The maximum absolute atomic E-state index is 11.8. The number of hydrogen-bond acceptors (Lipinski definition) is 4. The fourth-order valence-electron chi connectivity index (χ4n) is 1.55. The molecule has 2 aromatic rings. The maximum atomic E-state index is 11.8. The van der Waals surface area contributed by atoms with E-state index in [0.717, 1.165) is 5.75 Å². The predicted octanol–water partition coefficient (Wildman–Crippen LogP) is 3.02. The van der Waals surface area contributed by atoms with Gasteiger partial charge in [-0.3, -0.25) is 4.79 Å². The minimum Gasteiger partial charge on any atom is -0.491 e. The highest BCUT2D eigenvalue weighted by atomic mass is 16.5. The number of anilines is 1. The van der Waals surface area contributed by atoms with Gasteiger partial charge in [0.05, 0.1) is 12.3 Å². The molecule has 0 saturated carbocycles. The van der Waals surface area contributed by atoms with Gasteiger partial charge in [-0.2, -0.15) is 0 Å². The van der Waals surface area contributed by atoms with E-state index < -0.39 is 0 Å². The maximum Gasteiger partial charge on any atom is 0.293 e. The van der Waals surface area contributed by atoms with E-state index in [4.69, 9.17) is 9.15 Å². The van der Waals surface area contributed by atoms with Crippen LogP contribution in [0.1, 0.15) is 30.3 Å². The van der Waals surface area contributed by atoms with E-state index in [1.807, 2.05) is 13.8 Å². The van der Waals surface area contributed by atoms with Crippen molar-refractivity contribution in [3.63, 3.8) is 0 Å². The number of aryl methyl sites for hydroxylation is 1. The molecule has 0 unspecified atom stereocenters. The summed E-state index contributed by atoms with van der Waals surface area (Å²) in [4.78, 5) is 15.7. The predicted molar refractivity (Wildman–Crippen MR) is 71.4 cm³/mol. The summed E-state index contributed by atoms with van der Waals surface area (Å²) >= 11 is 0. The summed E-state index contributed by atoms with van der Waals surface area (Å²) in [6.45, 7) is 5.61. The van der Waals surface area contributed by atoms with E-state index in [2.05, 4.69) is 10.3 Å². The summed E-state index contributed by atoms with van der Waals surface area (Å²) in [5, 5.41) is 2.72. The van der Waals surface area contributed by atoms with Crippen LogP contribution in [0.4, 0.5) is 5.69 Å². The van der Waals surface area contributed by atoms with Crippen molar-refractivity contribution in [2.24, 2.45) is 0 Å². The van der Waals surface area contributed by atoms with Crippen LogP contribution in [0.15, 0.2) is 34.9 Å². The van der Waals surface area contributed by atoms with Gasteiger partial charge in [0.1, 0.15) is 5.75 Å². The van der Waals surface area contributed by atoms with Gasteiger partial charge < -0.3 is 14.5 Å². The molecule has 0 saturated heterocycles. The lowest BCUT2D eigenvalue weighted by molar-refractivity contribution is 0.0995. The molecule has 0 fully saturated rings. The second-order valence-electron chi connectivity index (χ2n) is 4.39. The fraction of sp³-hybridized carbons (Fsp3) is 0.286. The normalized spacial score (nSPS) is 10.5. The van der Waals surface area contributed by atoms with Crippen LogP contribution in [0.2, 0.25) is 0 Å². The van der Waals surface area contributed by atoms with E-state index in [9.17, 15) is 4.79 Å². The Morgan fingerprint density at radius 1 is 1.32 bits per heavy atom. The molecule has 0 atom stereocenters. The molecule has 1 aromatic heterocycles. The highest BCUT2D eigenvalue weighted by Gasteiger charge is 2.11. The number of carbonyl (C=O) groups is 1. The molecule has 0 radical (unpaired) electrons. The number of ether oxygens (including phenoxy) is 1. The molecule has 1 aromatic carbocycles. The Hall–Kier alpha value is -2.30. The van der Waals surface area contributed by atoms with Crippen LogP contribution in [0.25, 0.3) is 0 Å². The Kier molecular flexibility index (Phi) is 3.85. The molecular formula is C14H16N2O3. The minimum atomic E-state index is -0.321. The van der Waals surface area contributed by atoms with Gasteiger partial charge in [-0.15, -0.1) is 0 Å². The van der Waals surface area contributed by atoms with Gasteiger partial charge in [-0.05, 0) is 38.1 Å². The summed E-state index contributed by atoms with van der Waals surface area (Å²) < 4.78 is 10.7. The Morgan fingerprint density at radius 2 is 2.00 bits per heavy atom. The summed E-state index contributed by atoms with van der Waals surface area (Å²) in [5.74, 6) is 1.10. The van der Waals surface area contributed by atoms with Gasteiger partial charge in [-0.1, -0.05) is 0 Å². The summed E-state index contributed by atoms with van der Waals surface area (Å²) in [5.41, 5.74) is 0.676. The van der Waals surface area contributed by atoms with Crippen LogP contribution < -0.4 is 10.1 Å². The van der Waals surface area contributed by atoms with E-state index in [1.165, 1.54) is 6.20 Å². The van der Waals surface area contributed by atoms with E-state index in [-0.39, 0.29) is 17.8 Å². The van der Waals surface area contributed by atoms with Gasteiger partial charge in [0.25, 0.3) is 5.91 Å². The van der Waals surface area contributed by atoms with Crippen LogP contribution in [0, 0.1) is 6.92 Å². The zero-order chi connectivity index (χ0) is 13.8. The van der Waals surface area contributed by atoms with Gasteiger partial charge in [-0.25, -0.2) is 4.98 Å². The number of rotatable bonds is 4. The quantitative estimate of drug-likeness (QED) is 0.917. The molecular weight excluding hydrogens is 244 g/mol. The lowest BCUT2D eigenvalue weighted by Gasteiger charge is -2.10. The Balaban J connectivity index is 2.01. The van der Waals surface area contributed by atoms with Crippen molar-refractivity contribution < 1.29 is 13.9 Å². The smallest absolute Gasteiger partial charge is 0.293 e. The SMILES string of the molecule is Cc1ncc(C(=O)Nc2ccc(OC(C)C)cc2)o1. The number of nitrogens with zero attached hydrogens (tertiary/aromatic N) is 1. The average Bonchev–Trinajstić information content (AvgIpc) is 2.78. The lowest BCUT2D eigenvalue weighted by atomic mass is 10.3. The van der Waals surface area contributed by atoms with Crippen LogP contribution >= 0.6 is 0 Å². The Morgan fingerprint density at radius 3 is 2.53 bits per heavy atom. The fourth-order valence-corrected chi connectivity index (χ4v) is 1.55. The average molecular weight is 260 g/mol. The lowest BCUT2D eigenvalue weighted by Crippen LogP contribution is -2.11. The van der Waals surface area contributed by atoms with Crippen molar-refractivity contribution >= 4 is 11.6 Å². The number of hydrogen-bond donors (Lipinski definition) is 1. The van der Waals surface area contributed by atoms with Crippen LogP contribution in [-0.4, -0.2) is 17.0 Å². The molecule has 0 aliphatic rings. The summed E-state index contributed by atoms with van der Waals surface area (Å²) in [7, 11) is 0. The Bertz CT molecular complexity index is 558. The summed E-state index contributed by atoms with van der Waals surface area (Å²) in [6, 6.07) is 7.17. The molecule has 5 heteroatoms. The number of oxazole rings is 1. The molecule has 1 amide bonds. The first-order chi connectivity index (χ1) is 9.04. The third kappa shape index (κ3) is 3.58. The van der Waals surface area contributed by atoms with Gasteiger partial charge in [0, 0.05) is 12.6 Å². The summed E-state index contributed by atoms with van der Waals surface area (Å²) in [6.07, 6.45) is 1.53. The topological polar surface area (TPSA) is 64.4 Å². The molecule has 100 valence electrons. The first-order valence-electron chi connectivity index (χ1n) is 6.05. The molecule has 0 aliphatic carbocycles. The molecule has 2 rings (SSSR count). The van der Waals surface area contributed by atoms with Gasteiger partial charge >= 0.3 is 0 Å². The third-order valence-corrected chi connectivity index (χ3v) is 2.33. The standard InChI is InChI=1S/C14H16N2O3/c1-9(2)18-12-6-4-11(5-7-12)16-14(17)13-8-15-10(3)19-13/h4-9H,1-3H3,(H,16,17). The number of aromatic nitrogens is 1. The van der Waals surface area contributed by atoms with Gasteiger partial charge in [0.2, 0.25) is 5.76 Å². The Labute approximate surface area is 111 Å². The van der Waals surface area contributed by atoms with Crippen molar-refractivity contribution in [3.8, 4) is 5.75 Å². The zero-order valence-electron chi connectivity index (χ0n) is 11.1. The van der Waals surface area contributed by atoms with Crippen LogP contribution in [-0.2, 0) is 0 Å². The second-order valence-corrected chi connectivity index (χ2v) is 4.39. The molecule has 1 heterocycles. The number of carbonyl (C=O) groups excluding carboxylic acids is 1. The first-order valence-corrected chi connectivity index (χ1v) is 6.05. The number of amides is 1. The van der Waals surface area contributed by atoms with Gasteiger partial charge in [0.15, 0.2) is 5.89 Å². The van der Waals surface area contributed by atoms with Crippen LogP contribution in [0.3, 0.4) is 0 Å². The minimum absolute atomic E-state index is 0.123. The molecule has 19 heavy (non-hydrogen) atoms. The van der Waals surface area contributed by atoms with Crippen molar-refractivity contribution in [1.29, 1.82) is 0 Å². The second kappa shape index (κ2) is 5.56. The molecule has 0 bridgehead atoms. The number of benzene rings is 1. The van der Waals surface area contributed by atoms with E-state index in [0.29, 0.717) is 11.6 Å². The van der Waals surface area contributed by atoms with E-state index in [1.54, 1.807) is 31.2 Å².